The molecule has 0 aliphatic rings. The Kier molecular flexibility index (Phi) is 6.01. The van der Waals surface area contributed by atoms with E-state index in [0.717, 1.165) is 23.0 Å². The maximum absolute atomic E-state index is 11.9. The molecule has 0 spiro atoms. The number of anilines is 1. The van der Waals surface area contributed by atoms with Gasteiger partial charge in [0, 0.05) is 23.1 Å². The first-order valence-electron chi connectivity index (χ1n) is 7.41. The molecule has 22 heavy (non-hydrogen) atoms. The lowest BCUT2D eigenvalue weighted by molar-refractivity contribution is -0.121. The largest absolute Gasteiger partial charge is 0.399 e. The number of nitrogens with one attached hydrogen (secondary N) is 1. The van der Waals surface area contributed by atoms with Crippen LogP contribution in [0, 0.1) is 6.92 Å². The fourth-order valence-electron chi connectivity index (χ4n) is 2.24. The molecule has 2 aromatic rings. The first-order valence-corrected chi connectivity index (χ1v) is 8.20. The lowest BCUT2D eigenvalue weighted by atomic mass is 10.1. The second-order valence-corrected chi connectivity index (χ2v) is 6.28. The SMILES string of the molecule is Cc1cc(CCC(=O)NCCc2ccc(N)cc2)ccc1Br. The molecule has 0 heterocycles. The Morgan fingerprint density at radius 2 is 1.77 bits per heavy atom. The van der Waals surface area contributed by atoms with Crippen molar-refractivity contribution in [1.82, 2.24) is 5.32 Å². The Balaban J connectivity index is 1.71. The van der Waals surface area contributed by atoms with Crippen molar-refractivity contribution in [3.63, 3.8) is 0 Å². The Bertz CT molecular complexity index is 638. The Morgan fingerprint density at radius 1 is 1.09 bits per heavy atom. The van der Waals surface area contributed by atoms with Crippen LogP contribution < -0.4 is 11.1 Å². The highest BCUT2D eigenvalue weighted by molar-refractivity contribution is 9.10. The van der Waals surface area contributed by atoms with Gasteiger partial charge in [-0.3, -0.25) is 4.79 Å². The molecule has 116 valence electrons. The summed E-state index contributed by atoms with van der Waals surface area (Å²) in [6, 6.07) is 14.0. The first kappa shape index (κ1) is 16.6. The van der Waals surface area contributed by atoms with E-state index < -0.39 is 0 Å². The maximum atomic E-state index is 11.9. The minimum absolute atomic E-state index is 0.0935. The highest BCUT2D eigenvalue weighted by atomic mass is 79.9. The molecule has 0 aromatic heterocycles. The third kappa shape index (κ3) is 5.19. The number of halogens is 1. The number of amides is 1. The van der Waals surface area contributed by atoms with E-state index in [-0.39, 0.29) is 5.91 Å². The van der Waals surface area contributed by atoms with E-state index >= 15 is 0 Å². The van der Waals surface area contributed by atoms with Crippen molar-refractivity contribution in [3.05, 3.63) is 63.6 Å². The highest BCUT2D eigenvalue weighted by Gasteiger charge is 2.03. The van der Waals surface area contributed by atoms with Crippen LogP contribution in [0.3, 0.4) is 0 Å². The van der Waals surface area contributed by atoms with Crippen LogP contribution in [0.25, 0.3) is 0 Å². The van der Waals surface area contributed by atoms with Crippen LogP contribution in [0.2, 0.25) is 0 Å². The molecule has 4 heteroatoms. The summed E-state index contributed by atoms with van der Waals surface area (Å²) in [6.45, 7) is 2.71. The van der Waals surface area contributed by atoms with Crippen LogP contribution in [0.1, 0.15) is 23.1 Å². The number of hydrogen-bond donors (Lipinski definition) is 2. The van der Waals surface area contributed by atoms with Crippen molar-refractivity contribution in [2.24, 2.45) is 0 Å². The Labute approximate surface area is 140 Å². The standard InChI is InChI=1S/C18H21BrN2O/c1-13-12-15(4-8-17(13)19)5-9-18(22)21-11-10-14-2-6-16(20)7-3-14/h2-4,6-8,12H,5,9-11,20H2,1H3,(H,21,22). The molecule has 0 aliphatic heterocycles. The number of carbonyl (C=O) groups excluding carboxylic acids is 1. The molecule has 0 radical (unpaired) electrons. The predicted octanol–water partition coefficient (Wildman–Crippen LogP) is 3.63. The fourth-order valence-corrected chi connectivity index (χ4v) is 2.49. The molecule has 3 N–H and O–H groups in total. The number of nitrogen functional groups attached to an aromatic ring is 1. The van der Waals surface area contributed by atoms with Gasteiger partial charge in [-0.1, -0.05) is 40.2 Å². The van der Waals surface area contributed by atoms with Crippen LogP contribution in [0.4, 0.5) is 5.69 Å². The van der Waals surface area contributed by atoms with Crippen molar-refractivity contribution in [3.8, 4) is 0 Å². The summed E-state index contributed by atoms with van der Waals surface area (Å²) in [7, 11) is 0. The van der Waals surface area contributed by atoms with Crippen molar-refractivity contribution in [1.29, 1.82) is 0 Å². The van der Waals surface area contributed by atoms with Crippen LogP contribution in [0.15, 0.2) is 46.9 Å². The molecule has 0 unspecified atom stereocenters. The first-order chi connectivity index (χ1) is 10.5. The number of carbonyl (C=O) groups is 1. The van der Waals surface area contributed by atoms with Gasteiger partial charge in [-0.05, 0) is 54.7 Å². The second kappa shape index (κ2) is 7.99. The average molecular weight is 361 g/mol. The lowest BCUT2D eigenvalue weighted by Gasteiger charge is -2.07. The number of hydrogen-bond acceptors (Lipinski definition) is 2. The summed E-state index contributed by atoms with van der Waals surface area (Å²) in [5.41, 5.74) is 9.97. The third-order valence-corrected chi connectivity index (χ3v) is 4.47. The molecule has 0 saturated carbocycles. The van der Waals surface area contributed by atoms with E-state index in [0.29, 0.717) is 13.0 Å². The molecule has 0 aliphatic carbocycles. The van der Waals surface area contributed by atoms with Gasteiger partial charge in [0.1, 0.15) is 0 Å². The van der Waals surface area contributed by atoms with Crippen LogP contribution in [-0.4, -0.2) is 12.5 Å². The Hall–Kier alpha value is -1.81. The minimum atomic E-state index is 0.0935. The maximum Gasteiger partial charge on any atom is 0.220 e. The summed E-state index contributed by atoms with van der Waals surface area (Å²) >= 11 is 3.48. The van der Waals surface area contributed by atoms with Gasteiger partial charge >= 0.3 is 0 Å². The van der Waals surface area contributed by atoms with Crippen molar-refractivity contribution < 1.29 is 4.79 Å². The van der Waals surface area contributed by atoms with Gasteiger partial charge < -0.3 is 11.1 Å². The zero-order chi connectivity index (χ0) is 15.9. The molecule has 2 rings (SSSR count). The zero-order valence-corrected chi connectivity index (χ0v) is 14.3. The quantitative estimate of drug-likeness (QED) is 0.772. The van der Waals surface area contributed by atoms with E-state index in [1.54, 1.807) is 0 Å². The van der Waals surface area contributed by atoms with E-state index in [4.69, 9.17) is 5.73 Å². The van der Waals surface area contributed by atoms with Gasteiger partial charge in [0.15, 0.2) is 0 Å². The van der Waals surface area contributed by atoms with E-state index in [1.807, 2.05) is 30.3 Å². The molecular weight excluding hydrogens is 340 g/mol. The predicted molar refractivity (Wildman–Crippen MR) is 94.8 cm³/mol. The molecule has 0 fully saturated rings. The second-order valence-electron chi connectivity index (χ2n) is 5.43. The van der Waals surface area contributed by atoms with Crippen LogP contribution in [0.5, 0.6) is 0 Å². The van der Waals surface area contributed by atoms with Gasteiger partial charge in [-0.25, -0.2) is 0 Å². The van der Waals surface area contributed by atoms with Gasteiger partial charge in [0.05, 0.1) is 0 Å². The molecule has 3 nitrogen and oxygen atoms in total. The summed E-state index contributed by atoms with van der Waals surface area (Å²) in [4.78, 5) is 11.9. The average Bonchev–Trinajstić information content (AvgIpc) is 2.50. The van der Waals surface area contributed by atoms with E-state index in [1.165, 1.54) is 16.7 Å². The third-order valence-electron chi connectivity index (χ3n) is 3.58. The summed E-state index contributed by atoms with van der Waals surface area (Å²) in [5.74, 6) is 0.0935. The smallest absolute Gasteiger partial charge is 0.220 e. The topological polar surface area (TPSA) is 55.1 Å². The molecule has 0 atom stereocenters. The molecule has 2 aromatic carbocycles. The van der Waals surface area contributed by atoms with E-state index in [2.05, 4.69) is 40.3 Å². The molecule has 0 saturated heterocycles. The van der Waals surface area contributed by atoms with Crippen LogP contribution in [-0.2, 0) is 17.6 Å². The summed E-state index contributed by atoms with van der Waals surface area (Å²) < 4.78 is 1.10. The molecule has 0 bridgehead atoms. The zero-order valence-electron chi connectivity index (χ0n) is 12.7. The molecule has 1 amide bonds. The number of benzene rings is 2. The number of aryl methyl sites for hydroxylation is 2. The van der Waals surface area contributed by atoms with Gasteiger partial charge in [0.2, 0.25) is 5.91 Å². The number of rotatable bonds is 6. The lowest BCUT2D eigenvalue weighted by Crippen LogP contribution is -2.25. The van der Waals surface area contributed by atoms with Crippen molar-refractivity contribution in [2.75, 3.05) is 12.3 Å². The monoisotopic (exact) mass is 360 g/mol. The highest BCUT2D eigenvalue weighted by Crippen LogP contribution is 2.17. The normalized spacial score (nSPS) is 10.5. The summed E-state index contributed by atoms with van der Waals surface area (Å²) in [6.07, 6.45) is 2.11. The van der Waals surface area contributed by atoms with Gasteiger partial charge in [0.25, 0.3) is 0 Å². The minimum Gasteiger partial charge on any atom is -0.399 e. The van der Waals surface area contributed by atoms with Crippen molar-refractivity contribution >= 4 is 27.5 Å². The van der Waals surface area contributed by atoms with Crippen LogP contribution >= 0.6 is 15.9 Å². The molecular formula is C18H21BrN2O. The summed E-state index contributed by atoms with van der Waals surface area (Å²) in [5, 5.41) is 2.96. The number of nitrogens with two attached hydrogens (primary N) is 1. The van der Waals surface area contributed by atoms with Gasteiger partial charge in [-0.15, -0.1) is 0 Å². The van der Waals surface area contributed by atoms with E-state index in [9.17, 15) is 4.79 Å². The van der Waals surface area contributed by atoms with Gasteiger partial charge in [-0.2, -0.15) is 0 Å². The fraction of sp³-hybridized carbons (Fsp3) is 0.278. The Morgan fingerprint density at radius 3 is 2.45 bits per heavy atom. The van der Waals surface area contributed by atoms with Crippen molar-refractivity contribution in [2.45, 2.75) is 26.2 Å².